The van der Waals surface area contributed by atoms with Gasteiger partial charge in [-0.25, -0.2) is 0 Å². The van der Waals surface area contributed by atoms with Gasteiger partial charge in [-0.1, -0.05) is 51.4 Å². The Balaban J connectivity index is 2.48. The zero-order valence-electron chi connectivity index (χ0n) is 9.92. The SMILES string of the molecule is [N-]=[N+]=N[C@@H](CCCBr)C(=O)NCc1ccccc1. The number of nitrogens with zero attached hydrogens (tertiary/aromatic N) is 3. The fourth-order valence-corrected chi connectivity index (χ4v) is 1.80. The maximum Gasteiger partial charge on any atom is 0.229 e. The van der Waals surface area contributed by atoms with Gasteiger partial charge in [-0.05, 0) is 23.9 Å². The summed E-state index contributed by atoms with van der Waals surface area (Å²) in [6.07, 6.45) is 1.35. The zero-order chi connectivity index (χ0) is 13.2. The smallest absolute Gasteiger partial charge is 0.229 e. The lowest BCUT2D eigenvalue weighted by Crippen LogP contribution is -2.32. The molecule has 1 aromatic carbocycles. The Morgan fingerprint density at radius 2 is 2.17 bits per heavy atom. The summed E-state index contributed by atoms with van der Waals surface area (Å²) >= 11 is 3.29. The summed E-state index contributed by atoms with van der Waals surface area (Å²) in [5.41, 5.74) is 9.46. The molecule has 0 spiro atoms. The van der Waals surface area contributed by atoms with Crippen molar-refractivity contribution in [1.29, 1.82) is 0 Å². The van der Waals surface area contributed by atoms with Crippen LogP contribution in [0.1, 0.15) is 18.4 Å². The first-order valence-corrected chi connectivity index (χ1v) is 6.82. The largest absolute Gasteiger partial charge is 0.352 e. The molecule has 0 radical (unpaired) electrons. The first-order valence-electron chi connectivity index (χ1n) is 5.69. The molecule has 1 aromatic rings. The fraction of sp³-hybridized carbons (Fsp3) is 0.417. The van der Waals surface area contributed by atoms with E-state index in [0.717, 1.165) is 17.3 Å². The van der Waals surface area contributed by atoms with Crippen LogP contribution in [0.25, 0.3) is 10.4 Å². The molecule has 96 valence electrons. The highest BCUT2D eigenvalue weighted by Crippen LogP contribution is 2.06. The molecule has 0 heterocycles. The van der Waals surface area contributed by atoms with Gasteiger partial charge in [0.25, 0.3) is 0 Å². The van der Waals surface area contributed by atoms with Crippen molar-refractivity contribution in [3.63, 3.8) is 0 Å². The van der Waals surface area contributed by atoms with Crippen molar-refractivity contribution in [2.24, 2.45) is 5.11 Å². The summed E-state index contributed by atoms with van der Waals surface area (Å²) < 4.78 is 0. The summed E-state index contributed by atoms with van der Waals surface area (Å²) in [5.74, 6) is -0.224. The number of hydrogen-bond donors (Lipinski definition) is 1. The van der Waals surface area contributed by atoms with Crippen LogP contribution in [-0.4, -0.2) is 17.3 Å². The summed E-state index contributed by atoms with van der Waals surface area (Å²) in [5, 5.41) is 7.08. The highest BCUT2D eigenvalue weighted by Gasteiger charge is 2.15. The van der Waals surface area contributed by atoms with Crippen LogP contribution in [-0.2, 0) is 11.3 Å². The lowest BCUT2D eigenvalue weighted by molar-refractivity contribution is -0.122. The van der Waals surface area contributed by atoms with E-state index in [2.05, 4.69) is 31.3 Å². The topological polar surface area (TPSA) is 77.9 Å². The van der Waals surface area contributed by atoms with Gasteiger partial charge >= 0.3 is 0 Å². The monoisotopic (exact) mass is 310 g/mol. The summed E-state index contributed by atoms with van der Waals surface area (Å²) in [6.45, 7) is 0.450. The Bertz CT molecular complexity index is 417. The molecule has 0 aliphatic heterocycles. The number of alkyl halides is 1. The van der Waals surface area contributed by atoms with Crippen molar-refractivity contribution < 1.29 is 4.79 Å². The Morgan fingerprint density at radius 3 is 2.78 bits per heavy atom. The number of amides is 1. The number of nitrogens with one attached hydrogen (secondary N) is 1. The van der Waals surface area contributed by atoms with Gasteiger partial charge < -0.3 is 5.32 Å². The quantitative estimate of drug-likeness (QED) is 0.357. The number of carbonyl (C=O) groups is 1. The van der Waals surface area contributed by atoms with Crippen molar-refractivity contribution in [3.8, 4) is 0 Å². The third-order valence-corrected chi connectivity index (χ3v) is 2.98. The molecule has 1 atom stereocenters. The number of rotatable bonds is 7. The molecule has 0 saturated heterocycles. The van der Waals surface area contributed by atoms with Gasteiger partial charge in [0.15, 0.2) is 0 Å². The van der Waals surface area contributed by atoms with Gasteiger partial charge in [0.05, 0.1) is 0 Å². The second-order valence-corrected chi connectivity index (χ2v) is 4.55. The maximum absolute atomic E-state index is 11.8. The average Bonchev–Trinajstić information content (AvgIpc) is 2.42. The lowest BCUT2D eigenvalue weighted by atomic mass is 10.1. The molecule has 6 heteroatoms. The van der Waals surface area contributed by atoms with E-state index in [1.165, 1.54) is 0 Å². The van der Waals surface area contributed by atoms with Crippen molar-refractivity contribution in [3.05, 3.63) is 46.3 Å². The summed E-state index contributed by atoms with van der Waals surface area (Å²) in [6, 6.07) is 8.98. The molecule has 1 N–H and O–H groups in total. The van der Waals surface area contributed by atoms with Crippen LogP contribution < -0.4 is 5.32 Å². The number of benzene rings is 1. The Labute approximate surface area is 114 Å². The number of carbonyl (C=O) groups excluding carboxylic acids is 1. The van der Waals surface area contributed by atoms with Crippen LogP contribution in [0.5, 0.6) is 0 Å². The molecule has 5 nitrogen and oxygen atoms in total. The Hall–Kier alpha value is -1.52. The molecule has 1 rings (SSSR count). The maximum atomic E-state index is 11.8. The third-order valence-electron chi connectivity index (χ3n) is 2.41. The molecule has 0 saturated carbocycles. The van der Waals surface area contributed by atoms with Crippen LogP contribution in [0.2, 0.25) is 0 Å². The Morgan fingerprint density at radius 1 is 1.44 bits per heavy atom. The van der Waals surface area contributed by atoms with Gasteiger partial charge in [-0.15, -0.1) is 0 Å². The molecule has 0 unspecified atom stereocenters. The number of halogens is 1. The van der Waals surface area contributed by atoms with E-state index in [-0.39, 0.29) is 5.91 Å². The van der Waals surface area contributed by atoms with E-state index in [9.17, 15) is 4.79 Å². The minimum Gasteiger partial charge on any atom is -0.352 e. The zero-order valence-corrected chi connectivity index (χ0v) is 11.5. The molecule has 0 aliphatic rings. The van der Waals surface area contributed by atoms with E-state index in [0.29, 0.717) is 13.0 Å². The molecule has 0 aliphatic carbocycles. The molecular formula is C12H15BrN4O. The van der Waals surface area contributed by atoms with Gasteiger partial charge in [0.1, 0.15) is 6.04 Å². The number of hydrogen-bond acceptors (Lipinski definition) is 2. The normalized spacial score (nSPS) is 11.4. The first-order chi connectivity index (χ1) is 8.77. The van der Waals surface area contributed by atoms with Crippen LogP contribution in [0.3, 0.4) is 0 Å². The van der Waals surface area contributed by atoms with E-state index in [1.807, 2.05) is 30.3 Å². The standard InChI is InChI=1S/C12H15BrN4O/c13-8-4-7-11(16-17-14)12(18)15-9-10-5-2-1-3-6-10/h1-3,5-6,11H,4,7-9H2,(H,15,18)/t11-/m0/s1. The van der Waals surface area contributed by atoms with Gasteiger partial charge in [0, 0.05) is 16.8 Å². The first kappa shape index (κ1) is 14.5. The minimum atomic E-state index is -0.628. The Kier molecular flexibility index (Phi) is 6.91. The van der Waals surface area contributed by atoms with E-state index >= 15 is 0 Å². The van der Waals surface area contributed by atoms with Gasteiger partial charge in [-0.2, -0.15) is 0 Å². The summed E-state index contributed by atoms with van der Waals surface area (Å²) in [4.78, 5) is 14.5. The predicted molar refractivity (Wildman–Crippen MR) is 74.3 cm³/mol. The van der Waals surface area contributed by atoms with Crippen LogP contribution in [0.15, 0.2) is 35.4 Å². The second kappa shape index (κ2) is 8.55. The fourth-order valence-electron chi connectivity index (χ4n) is 1.48. The number of azide groups is 1. The van der Waals surface area contributed by atoms with Crippen molar-refractivity contribution in [2.75, 3.05) is 5.33 Å². The van der Waals surface area contributed by atoms with Crippen LogP contribution in [0, 0.1) is 0 Å². The third kappa shape index (κ3) is 5.21. The second-order valence-electron chi connectivity index (χ2n) is 3.76. The van der Waals surface area contributed by atoms with Crippen molar-refractivity contribution in [1.82, 2.24) is 5.32 Å². The van der Waals surface area contributed by atoms with Crippen molar-refractivity contribution >= 4 is 21.8 Å². The summed E-state index contributed by atoms with van der Waals surface area (Å²) in [7, 11) is 0. The van der Waals surface area contributed by atoms with Gasteiger partial charge in [0.2, 0.25) is 5.91 Å². The van der Waals surface area contributed by atoms with E-state index in [4.69, 9.17) is 5.53 Å². The average molecular weight is 311 g/mol. The highest BCUT2D eigenvalue weighted by atomic mass is 79.9. The molecule has 0 aromatic heterocycles. The van der Waals surface area contributed by atoms with Crippen LogP contribution in [0.4, 0.5) is 0 Å². The molecule has 0 fully saturated rings. The molecular weight excluding hydrogens is 296 g/mol. The lowest BCUT2D eigenvalue weighted by Gasteiger charge is -2.11. The molecule has 18 heavy (non-hydrogen) atoms. The highest BCUT2D eigenvalue weighted by molar-refractivity contribution is 9.09. The van der Waals surface area contributed by atoms with Crippen LogP contribution >= 0.6 is 15.9 Å². The van der Waals surface area contributed by atoms with E-state index < -0.39 is 6.04 Å². The van der Waals surface area contributed by atoms with Gasteiger partial charge in [-0.3, -0.25) is 4.79 Å². The minimum absolute atomic E-state index is 0.224. The molecule has 0 bridgehead atoms. The molecule has 1 amide bonds. The predicted octanol–water partition coefficient (Wildman–Crippen LogP) is 3.16. The van der Waals surface area contributed by atoms with E-state index in [1.54, 1.807) is 0 Å². The van der Waals surface area contributed by atoms with Crippen molar-refractivity contribution in [2.45, 2.75) is 25.4 Å².